The number of furan rings is 1. The first kappa shape index (κ1) is 19.1. The van der Waals surface area contributed by atoms with E-state index in [9.17, 15) is 19.8 Å². The van der Waals surface area contributed by atoms with Crippen LogP contribution in [0.25, 0.3) is 0 Å². The van der Waals surface area contributed by atoms with E-state index in [1.54, 1.807) is 12.3 Å². The molecule has 2 saturated carbocycles. The van der Waals surface area contributed by atoms with Gasteiger partial charge in [-0.2, -0.15) is 0 Å². The minimum absolute atomic E-state index is 0.250. The maximum atomic E-state index is 12.9. The van der Waals surface area contributed by atoms with Gasteiger partial charge in [-0.05, 0) is 30.2 Å². The summed E-state index contributed by atoms with van der Waals surface area (Å²) < 4.78 is 17.1. The van der Waals surface area contributed by atoms with Crippen molar-refractivity contribution in [1.29, 1.82) is 0 Å². The fraction of sp³-hybridized carbons (Fsp3) is 0.727. The summed E-state index contributed by atoms with van der Waals surface area (Å²) in [5, 5.41) is 23.7. The summed E-state index contributed by atoms with van der Waals surface area (Å²) in [5.74, 6) is -1.19. The highest BCUT2D eigenvalue weighted by molar-refractivity contribution is 5.82. The molecule has 0 aromatic carbocycles. The van der Waals surface area contributed by atoms with Gasteiger partial charge in [0, 0.05) is 30.2 Å². The van der Waals surface area contributed by atoms with Gasteiger partial charge in [0.25, 0.3) is 0 Å². The fourth-order valence-corrected chi connectivity index (χ4v) is 7.26. The normalized spacial score (nSPS) is 46.9. The Kier molecular flexibility index (Phi) is 3.72. The van der Waals surface area contributed by atoms with E-state index in [2.05, 4.69) is 0 Å². The smallest absolute Gasteiger partial charge is 0.314 e. The summed E-state index contributed by atoms with van der Waals surface area (Å²) in [6.45, 7) is 7.11. The molecular weight excluding hydrogens is 376 g/mol. The van der Waals surface area contributed by atoms with Gasteiger partial charge in [-0.25, -0.2) is 0 Å². The van der Waals surface area contributed by atoms with Crippen LogP contribution in [0.1, 0.15) is 57.8 Å². The number of ether oxygens (including phenoxy) is 2. The lowest BCUT2D eigenvalue weighted by atomic mass is 9.39. The van der Waals surface area contributed by atoms with Crippen molar-refractivity contribution < 1.29 is 33.7 Å². The van der Waals surface area contributed by atoms with Gasteiger partial charge in [0.15, 0.2) is 0 Å². The van der Waals surface area contributed by atoms with E-state index >= 15 is 0 Å². The van der Waals surface area contributed by atoms with Crippen molar-refractivity contribution in [1.82, 2.24) is 0 Å². The van der Waals surface area contributed by atoms with Crippen molar-refractivity contribution in [2.75, 3.05) is 0 Å². The molecule has 0 bridgehead atoms. The standard InChI is InChI=1S/C22H28O7/c1-10(23)28-14-5-7-20(2,3)22(26)18(24)17-16-12(21(14,22)4)9-13-11(6-8-27-13)15(16)19(25)29-17/h6,8,12,14-18,24,26H,5,7,9H2,1-4H3. The van der Waals surface area contributed by atoms with Crippen LogP contribution >= 0.6 is 0 Å². The van der Waals surface area contributed by atoms with E-state index in [1.165, 1.54) is 6.92 Å². The van der Waals surface area contributed by atoms with Crippen LogP contribution in [0.2, 0.25) is 0 Å². The van der Waals surface area contributed by atoms with Gasteiger partial charge in [-0.15, -0.1) is 0 Å². The molecule has 1 saturated heterocycles. The average Bonchev–Trinajstić information content (AvgIpc) is 3.24. The number of aliphatic hydroxyl groups excluding tert-OH is 1. The Bertz CT molecular complexity index is 887. The Labute approximate surface area is 169 Å². The topological polar surface area (TPSA) is 106 Å². The molecule has 1 aromatic rings. The molecule has 3 aliphatic carbocycles. The molecule has 3 fully saturated rings. The van der Waals surface area contributed by atoms with Crippen LogP contribution in [0, 0.1) is 22.7 Å². The number of esters is 2. The molecule has 5 rings (SSSR count). The van der Waals surface area contributed by atoms with Gasteiger partial charge < -0.3 is 24.1 Å². The third kappa shape index (κ3) is 2.05. The van der Waals surface area contributed by atoms with Crippen molar-refractivity contribution in [2.45, 2.75) is 76.8 Å². The average molecular weight is 404 g/mol. The highest BCUT2D eigenvalue weighted by Crippen LogP contribution is 2.69. The third-order valence-electron chi connectivity index (χ3n) is 8.63. The molecule has 4 aliphatic rings. The molecular formula is C22H28O7. The lowest BCUT2D eigenvalue weighted by Crippen LogP contribution is -2.79. The largest absolute Gasteiger partial charge is 0.469 e. The van der Waals surface area contributed by atoms with Gasteiger partial charge in [-0.3, -0.25) is 9.59 Å². The second-order valence-electron chi connectivity index (χ2n) is 10.1. The first-order valence-corrected chi connectivity index (χ1v) is 10.4. The Morgan fingerprint density at radius 2 is 2.03 bits per heavy atom. The summed E-state index contributed by atoms with van der Waals surface area (Å²) in [7, 11) is 0. The molecule has 2 N–H and O–H groups in total. The summed E-state index contributed by atoms with van der Waals surface area (Å²) >= 11 is 0. The second-order valence-corrected chi connectivity index (χ2v) is 10.1. The van der Waals surface area contributed by atoms with Crippen LogP contribution in [0.15, 0.2) is 16.7 Å². The molecule has 1 aromatic heterocycles. The molecule has 7 nitrogen and oxygen atoms in total. The van der Waals surface area contributed by atoms with Gasteiger partial charge in [0.2, 0.25) is 0 Å². The van der Waals surface area contributed by atoms with E-state index in [0.717, 1.165) is 5.56 Å². The van der Waals surface area contributed by atoms with Crippen molar-refractivity contribution in [2.24, 2.45) is 22.7 Å². The van der Waals surface area contributed by atoms with Crippen LogP contribution < -0.4 is 0 Å². The molecule has 7 heteroatoms. The number of rotatable bonds is 1. The highest BCUT2D eigenvalue weighted by atomic mass is 16.6. The predicted octanol–water partition coefficient (Wildman–Crippen LogP) is 1.94. The van der Waals surface area contributed by atoms with E-state index in [4.69, 9.17) is 13.9 Å². The van der Waals surface area contributed by atoms with Crippen LogP contribution in [-0.2, 0) is 25.5 Å². The summed E-state index contributed by atoms with van der Waals surface area (Å²) in [6, 6.07) is 1.80. The van der Waals surface area contributed by atoms with Crippen LogP contribution in [0.3, 0.4) is 0 Å². The minimum atomic E-state index is -1.61. The summed E-state index contributed by atoms with van der Waals surface area (Å²) in [4.78, 5) is 24.8. The maximum Gasteiger partial charge on any atom is 0.314 e. The molecule has 29 heavy (non-hydrogen) atoms. The first-order valence-electron chi connectivity index (χ1n) is 10.4. The summed E-state index contributed by atoms with van der Waals surface area (Å²) in [5.41, 5.74) is -2.45. The van der Waals surface area contributed by atoms with Crippen molar-refractivity contribution in [3.63, 3.8) is 0 Å². The van der Waals surface area contributed by atoms with E-state index in [0.29, 0.717) is 25.0 Å². The number of carbonyl (C=O) groups excluding carboxylic acids is 2. The lowest BCUT2D eigenvalue weighted by molar-refractivity contribution is -0.329. The zero-order valence-electron chi connectivity index (χ0n) is 17.2. The Balaban J connectivity index is 1.74. The van der Waals surface area contributed by atoms with Crippen molar-refractivity contribution >= 4 is 11.9 Å². The molecule has 0 radical (unpaired) electrons. The maximum absolute atomic E-state index is 12.9. The highest BCUT2D eigenvalue weighted by Gasteiger charge is 2.78. The molecule has 8 unspecified atom stereocenters. The van der Waals surface area contributed by atoms with Crippen LogP contribution in [0.5, 0.6) is 0 Å². The Morgan fingerprint density at radius 3 is 2.72 bits per heavy atom. The molecule has 158 valence electrons. The number of hydrogen-bond acceptors (Lipinski definition) is 7. The van der Waals surface area contributed by atoms with Crippen LogP contribution in [0.4, 0.5) is 0 Å². The first-order chi connectivity index (χ1) is 13.5. The van der Waals surface area contributed by atoms with E-state index in [-0.39, 0.29) is 17.8 Å². The Hall–Kier alpha value is -1.86. The molecule has 2 heterocycles. The number of hydrogen-bond donors (Lipinski definition) is 2. The number of aliphatic hydroxyl groups is 2. The Morgan fingerprint density at radius 1 is 1.31 bits per heavy atom. The zero-order valence-corrected chi connectivity index (χ0v) is 17.2. The fourth-order valence-electron chi connectivity index (χ4n) is 7.26. The predicted molar refractivity (Wildman–Crippen MR) is 99.6 cm³/mol. The molecule has 0 amide bonds. The minimum Gasteiger partial charge on any atom is -0.469 e. The monoisotopic (exact) mass is 404 g/mol. The SMILES string of the molecule is CC(=O)OC1CCC(C)(C)C2(O)C(O)C3OC(=O)C4c5ccoc5CC(C43)C12C. The molecule has 1 aliphatic heterocycles. The molecule has 0 spiro atoms. The van der Waals surface area contributed by atoms with Crippen molar-refractivity contribution in [3.8, 4) is 0 Å². The van der Waals surface area contributed by atoms with Gasteiger partial charge >= 0.3 is 11.9 Å². The molecule has 8 atom stereocenters. The van der Waals surface area contributed by atoms with Crippen molar-refractivity contribution in [3.05, 3.63) is 23.7 Å². The van der Waals surface area contributed by atoms with Gasteiger partial charge in [0.05, 0.1) is 12.2 Å². The van der Waals surface area contributed by atoms with Gasteiger partial charge in [0.1, 0.15) is 29.7 Å². The second kappa shape index (κ2) is 5.64. The lowest BCUT2D eigenvalue weighted by Gasteiger charge is -2.68. The zero-order chi connectivity index (χ0) is 20.9. The number of fused-ring (bicyclic) bond motifs is 4. The van der Waals surface area contributed by atoms with Gasteiger partial charge in [-0.1, -0.05) is 20.8 Å². The van der Waals surface area contributed by atoms with E-state index in [1.807, 2.05) is 20.8 Å². The van der Waals surface area contributed by atoms with E-state index < -0.39 is 46.6 Å². The van der Waals surface area contributed by atoms with Crippen LogP contribution in [-0.4, -0.2) is 46.1 Å². The number of carbonyl (C=O) groups is 2. The summed E-state index contributed by atoms with van der Waals surface area (Å²) in [6.07, 6.45) is 0.570. The quantitative estimate of drug-likeness (QED) is 0.689. The third-order valence-corrected chi connectivity index (χ3v) is 8.63.